The lowest BCUT2D eigenvalue weighted by Crippen LogP contribution is -2.24. The van der Waals surface area contributed by atoms with E-state index in [0.29, 0.717) is 5.69 Å². The van der Waals surface area contributed by atoms with Crippen LogP contribution in [0.3, 0.4) is 0 Å². The number of halogens is 1. The van der Waals surface area contributed by atoms with Gasteiger partial charge in [0.05, 0.1) is 11.9 Å². The first kappa shape index (κ1) is 14.0. The highest BCUT2D eigenvalue weighted by molar-refractivity contribution is 7.92. The number of sulfonamides is 1. The summed E-state index contributed by atoms with van der Waals surface area (Å²) in [4.78, 5) is 0. The first-order valence-electron chi connectivity index (χ1n) is 3.95. The van der Waals surface area contributed by atoms with E-state index in [2.05, 4.69) is 4.72 Å². The quantitative estimate of drug-likeness (QED) is 0.615. The average Bonchev–Trinajstić information content (AvgIpc) is 2.02. The molecule has 0 aliphatic heterocycles. The fourth-order valence-corrected chi connectivity index (χ4v) is 1.54. The molecule has 0 bridgehead atoms. The normalized spacial score (nSPS) is 10.3. The third-order valence-corrected chi connectivity index (χ3v) is 2.18. The molecule has 1 aromatic carbocycles. The molecule has 0 unspecified atom stereocenters. The van der Waals surface area contributed by atoms with Crippen LogP contribution in [0.2, 0.25) is 0 Å². The zero-order chi connectivity index (χ0) is 10.8. The summed E-state index contributed by atoms with van der Waals surface area (Å²) in [6.07, 6.45) is 1.11. The van der Waals surface area contributed by atoms with Crippen molar-refractivity contribution in [1.82, 2.24) is 0 Å². The van der Waals surface area contributed by atoms with E-state index in [1.54, 1.807) is 31.3 Å². The lowest BCUT2D eigenvalue weighted by Gasteiger charge is -2.12. The van der Waals surface area contributed by atoms with Gasteiger partial charge in [0.1, 0.15) is 0 Å². The van der Waals surface area contributed by atoms with Gasteiger partial charge in [-0.05, 0) is 24.3 Å². The molecule has 0 aliphatic rings. The highest BCUT2D eigenvalue weighted by Gasteiger charge is 2.01. The maximum absolute atomic E-state index is 10.9. The Morgan fingerprint density at radius 3 is 2.07 bits per heavy atom. The average molecular weight is 252 g/mol. The first-order valence-corrected chi connectivity index (χ1v) is 5.84. The van der Waals surface area contributed by atoms with Crippen LogP contribution in [-0.2, 0) is 10.0 Å². The molecule has 5 nitrogen and oxygen atoms in total. The van der Waals surface area contributed by atoms with Crippen molar-refractivity contribution in [2.45, 2.75) is 0 Å². The summed E-state index contributed by atoms with van der Waals surface area (Å²) < 4.78 is 24.1. The molecule has 0 atom stereocenters. The molecular formula is C8H14ClN3O2S. The highest BCUT2D eigenvalue weighted by atomic mass is 35.5. The summed E-state index contributed by atoms with van der Waals surface area (Å²) in [5, 5.41) is 1.45. The Labute approximate surface area is 95.7 Å². The summed E-state index contributed by atoms with van der Waals surface area (Å²) in [6.45, 7) is 0. The maximum atomic E-state index is 10.9. The minimum atomic E-state index is -3.21. The van der Waals surface area contributed by atoms with Crippen molar-refractivity contribution in [3.63, 3.8) is 0 Å². The van der Waals surface area contributed by atoms with Gasteiger partial charge < -0.3 is 5.01 Å². The number of hydrogen-bond acceptors (Lipinski definition) is 4. The van der Waals surface area contributed by atoms with Gasteiger partial charge in [0.25, 0.3) is 0 Å². The molecule has 0 aliphatic carbocycles. The molecule has 0 amide bonds. The van der Waals surface area contributed by atoms with E-state index >= 15 is 0 Å². The van der Waals surface area contributed by atoms with Crippen molar-refractivity contribution in [1.29, 1.82) is 0 Å². The number of rotatable bonds is 3. The summed E-state index contributed by atoms with van der Waals surface area (Å²) in [6, 6.07) is 6.76. The van der Waals surface area contributed by atoms with E-state index in [-0.39, 0.29) is 12.4 Å². The molecule has 0 fully saturated rings. The molecule has 1 rings (SSSR count). The van der Waals surface area contributed by atoms with E-state index in [9.17, 15) is 8.42 Å². The van der Waals surface area contributed by atoms with Crippen LogP contribution in [0.1, 0.15) is 0 Å². The van der Waals surface area contributed by atoms with Crippen LogP contribution >= 0.6 is 12.4 Å². The third kappa shape index (κ3) is 4.87. The number of anilines is 2. The topological polar surface area (TPSA) is 75.4 Å². The van der Waals surface area contributed by atoms with Crippen LogP contribution in [-0.4, -0.2) is 21.7 Å². The Morgan fingerprint density at radius 2 is 1.73 bits per heavy atom. The predicted octanol–water partition coefficient (Wildman–Crippen LogP) is 0.790. The number of hydrogen-bond donors (Lipinski definition) is 2. The summed E-state index contributed by atoms with van der Waals surface area (Å²) in [7, 11) is -1.50. The molecule has 7 heteroatoms. The number of nitrogens with one attached hydrogen (secondary N) is 1. The van der Waals surface area contributed by atoms with Gasteiger partial charge in [0.15, 0.2) is 0 Å². The Bertz CT molecular complexity index is 402. The van der Waals surface area contributed by atoms with Crippen LogP contribution < -0.4 is 15.6 Å². The SMILES string of the molecule is CN(N)c1ccc(NS(C)(=O)=O)cc1.Cl. The van der Waals surface area contributed by atoms with Crippen LogP contribution in [0.5, 0.6) is 0 Å². The van der Waals surface area contributed by atoms with Gasteiger partial charge >= 0.3 is 0 Å². The molecule has 0 saturated heterocycles. The van der Waals surface area contributed by atoms with Gasteiger partial charge in [-0.15, -0.1) is 12.4 Å². The lowest BCUT2D eigenvalue weighted by atomic mass is 10.3. The Balaban J connectivity index is 0.00000196. The second kappa shape index (κ2) is 5.20. The molecule has 3 N–H and O–H groups in total. The van der Waals surface area contributed by atoms with Crippen molar-refractivity contribution in [2.75, 3.05) is 23.0 Å². The zero-order valence-corrected chi connectivity index (χ0v) is 10.1. The van der Waals surface area contributed by atoms with Crippen LogP contribution in [0.25, 0.3) is 0 Å². The van der Waals surface area contributed by atoms with Crippen molar-refractivity contribution < 1.29 is 8.42 Å². The van der Waals surface area contributed by atoms with Crippen molar-refractivity contribution in [3.05, 3.63) is 24.3 Å². The highest BCUT2D eigenvalue weighted by Crippen LogP contribution is 2.15. The van der Waals surface area contributed by atoms with Gasteiger partial charge in [0.2, 0.25) is 10.0 Å². The molecular weight excluding hydrogens is 238 g/mol. The third-order valence-electron chi connectivity index (χ3n) is 1.58. The molecule has 86 valence electrons. The molecule has 15 heavy (non-hydrogen) atoms. The predicted molar refractivity (Wildman–Crippen MR) is 64.7 cm³/mol. The van der Waals surface area contributed by atoms with Crippen molar-refractivity contribution in [3.8, 4) is 0 Å². The molecule has 1 aromatic rings. The monoisotopic (exact) mass is 251 g/mol. The van der Waals surface area contributed by atoms with E-state index in [4.69, 9.17) is 5.84 Å². The Hall–Kier alpha value is -0.980. The molecule has 0 radical (unpaired) electrons. The number of nitrogens with two attached hydrogens (primary N) is 1. The fourth-order valence-electron chi connectivity index (χ4n) is 0.979. The number of benzene rings is 1. The van der Waals surface area contributed by atoms with Crippen molar-refractivity contribution >= 4 is 33.8 Å². The summed E-state index contributed by atoms with van der Waals surface area (Å²) in [5.41, 5.74) is 1.34. The second-order valence-electron chi connectivity index (χ2n) is 3.03. The molecule has 0 spiro atoms. The minimum absolute atomic E-state index is 0. The smallest absolute Gasteiger partial charge is 0.229 e. The first-order chi connectivity index (χ1) is 6.38. The Kier molecular flexibility index (Phi) is 4.86. The molecule has 0 heterocycles. The minimum Gasteiger partial charge on any atom is -0.314 e. The lowest BCUT2D eigenvalue weighted by molar-refractivity contribution is 0.607. The second-order valence-corrected chi connectivity index (χ2v) is 4.78. The van der Waals surface area contributed by atoms with E-state index in [1.807, 2.05) is 0 Å². The van der Waals surface area contributed by atoms with Gasteiger partial charge in [0, 0.05) is 12.7 Å². The maximum Gasteiger partial charge on any atom is 0.229 e. The van der Waals surface area contributed by atoms with Crippen LogP contribution in [0.15, 0.2) is 24.3 Å². The van der Waals surface area contributed by atoms with E-state index in [1.165, 1.54) is 5.01 Å². The fraction of sp³-hybridized carbons (Fsp3) is 0.250. The molecule has 0 saturated carbocycles. The van der Waals surface area contributed by atoms with Gasteiger partial charge in [-0.2, -0.15) is 0 Å². The largest absolute Gasteiger partial charge is 0.314 e. The standard InChI is InChI=1S/C8H13N3O2S.ClH/c1-11(9)8-5-3-7(4-6-8)10-14(2,12)13;/h3-6,10H,9H2,1-2H3;1H. The summed E-state index contributed by atoms with van der Waals surface area (Å²) in [5.74, 6) is 5.49. The van der Waals surface area contributed by atoms with Gasteiger partial charge in [-0.1, -0.05) is 0 Å². The Morgan fingerprint density at radius 1 is 1.27 bits per heavy atom. The molecule has 0 aromatic heterocycles. The zero-order valence-electron chi connectivity index (χ0n) is 8.47. The van der Waals surface area contributed by atoms with Crippen molar-refractivity contribution in [2.24, 2.45) is 5.84 Å². The van der Waals surface area contributed by atoms with Crippen LogP contribution in [0, 0.1) is 0 Å². The van der Waals surface area contributed by atoms with Gasteiger partial charge in [-0.25, -0.2) is 14.3 Å². The summed E-state index contributed by atoms with van der Waals surface area (Å²) >= 11 is 0. The van der Waals surface area contributed by atoms with E-state index in [0.717, 1.165) is 11.9 Å². The number of hydrazine groups is 1. The van der Waals surface area contributed by atoms with Crippen LogP contribution in [0.4, 0.5) is 11.4 Å². The number of nitrogens with zero attached hydrogens (tertiary/aromatic N) is 1. The van der Waals surface area contributed by atoms with E-state index < -0.39 is 10.0 Å². The van der Waals surface area contributed by atoms with Gasteiger partial charge in [-0.3, -0.25) is 4.72 Å².